The van der Waals surface area contributed by atoms with E-state index in [1.165, 1.54) is 7.11 Å². The van der Waals surface area contributed by atoms with E-state index < -0.39 is 5.97 Å². The van der Waals surface area contributed by atoms with Crippen molar-refractivity contribution in [1.29, 1.82) is 0 Å². The summed E-state index contributed by atoms with van der Waals surface area (Å²) in [7, 11) is 1.33. The molecule has 2 aromatic carbocycles. The second kappa shape index (κ2) is 8.05. The third kappa shape index (κ3) is 4.01. The molecule has 0 unspecified atom stereocenters. The standard InChI is InChI=1S/C20H17ClN2O4/c1-12-17(18(23-27-12)15-5-3-4-6-16(15)21)19(24)22-11-13-7-9-14(10-8-13)20(25)26-2/h3-10H,11H2,1-2H3,(H,22,24). The van der Waals surface area contributed by atoms with Crippen LogP contribution in [0.5, 0.6) is 0 Å². The average molecular weight is 385 g/mol. The molecule has 0 saturated heterocycles. The van der Waals surface area contributed by atoms with E-state index in [-0.39, 0.29) is 12.5 Å². The van der Waals surface area contributed by atoms with Gasteiger partial charge in [-0.2, -0.15) is 0 Å². The van der Waals surface area contributed by atoms with E-state index in [1.807, 2.05) is 6.07 Å². The minimum atomic E-state index is -0.407. The summed E-state index contributed by atoms with van der Waals surface area (Å²) in [5, 5.41) is 7.31. The van der Waals surface area contributed by atoms with Gasteiger partial charge < -0.3 is 14.6 Å². The Bertz CT molecular complexity index is 980. The minimum Gasteiger partial charge on any atom is -0.465 e. The van der Waals surface area contributed by atoms with Gasteiger partial charge in [-0.1, -0.05) is 47.1 Å². The molecule has 3 aromatic rings. The summed E-state index contributed by atoms with van der Waals surface area (Å²) in [5.41, 5.74) is 2.65. The van der Waals surface area contributed by atoms with Crippen LogP contribution in [-0.4, -0.2) is 24.1 Å². The molecular formula is C20H17ClN2O4. The van der Waals surface area contributed by atoms with Gasteiger partial charge in [0.05, 0.1) is 17.7 Å². The van der Waals surface area contributed by atoms with Crippen molar-refractivity contribution < 1.29 is 18.8 Å². The summed E-state index contributed by atoms with van der Waals surface area (Å²) in [6, 6.07) is 13.9. The number of carbonyl (C=O) groups excluding carboxylic acids is 2. The van der Waals surface area contributed by atoms with Crippen LogP contribution < -0.4 is 5.32 Å². The van der Waals surface area contributed by atoms with E-state index in [9.17, 15) is 9.59 Å². The highest BCUT2D eigenvalue weighted by molar-refractivity contribution is 6.33. The zero-order valence-corrected chi connectivity index (χ0v) is 15.5. The maximum absolute atomic E-state index is 12.7. The molecule has 0 radical (unpaired) electrons. The van der Waals surface area contributed by atoms with Gasteiger partial charge in [-0.3, -0.25) is 4.79 Å². The highest BCUT2D eigenvalue weighted by Gasteiger charge is 2.22. The van der Waals surface area contributed by atoms with Crippen LogP contribution in [0.1, 0.15) is 32.0 Å². The molecule has 0 atom stereocenters. The molecule has 0 aliphatic heterocycles. The number of carbonyl (C=O) groups is 2. The van der Waals surface area contributed by atoms with Crippen LogP contribution in [-0.2, 0) is 11.3 Å². The normalized spacial score (nSPS) is 10.5. The third-order valence-corrected chi connectivity index (χ3v) is 4.38. The van der Waals surface area contributed by atoms with E-state index in [2.05, 4.69) is 15.2 Å². The number of benzene rings is 2. The second-order valence-electron chi connectivity index (χ2n) is 5.81. The Morgan fingerprint density at radius 1 is 1.15 bits per heavy atom. The number of aromatic nitrogens is 1. The lowest BCUT2D eigenvalue weighted by atomic mass is 10.1. The van der Waals surface area contributed by atoms with Crippen molar-refractivity contribution in [1.82, 2.24) is 10.5 Å². The first-order valence-electron chi connectivity index (χ1n) is 8.18. The zero-order chi connectivity index (χ0) is 19.4. The van der Waals surface area contributed by atoms with E-state index in [1.54, 1.807) is 49.4 Å². The zero-order valence-electron chi connectivity index (χ0n) is 14.8. The number of nitrogens with one attached hydrogen (secondary N) is 1. The molecule has 0 spiro atoms. The van der Waals surface area contributed by atoms with E-state index in [0.717, 1.165) is 5.56 Å². The van der Waals surface area contributed by atoms with Crippen LogP contribution in [0, 0.1) is 6.92 Å². The smallest absolute Gasteiger partial charge is 0.337 e. The summed E-state index contributed by atoms with van der Waals surface area (Å²) >= 11 is 6.22. The van der Waals surface area contributed by atoms with Gasteiger partial charge in [0.2, 0.25) is 0 Å². The molecule has 1 amide bonds. The number of esters is 1. The molecule has 6 nitrogen and oxygen atoms in total. The topological polar surface area (TPSA) is 81.4 Å². The summed E-state index contributed by atoms with van der Waals surface area (Å²) < 4.78 is 9.88. The average Bonchev–Trinajstić information content (AvgIpc) is 3.07. The Labute approximate surface area is 161 Å². The van der Waals surface area contributed by atoms with Gasteiger partial charge in [-0.15, -0.1) is 0 Å². The third-order valence-electron chi connectivity index (χ3n) is 4.05. The van der Waals surface area contributed by atoms with Gasteiger partial charge in [0.15, 0.2) is 0 Å². The number of rotatable bonds is 5. The number of hydrogen-bond donors (Lipinski definition) is 1. The lowest BCUT2D eigenvalue weighted by molar-refractivity contribution is 0.0600. The Hall–Kier alpha value is -3.12. The van der Waals surface area contributed by atoms with Gasteiger partial charge in [0.25, 0.3) is 5.91 Å². The van der Waals surface area contributed by atoms with Crippen molar-refractivity contribution in [2.45, 2.75) is 13.5 Å². The van der Waals surface area contributed by atoms with E-state index >= 15 is 0 Å². The first-order valence-corrected chi connectivity index (χ1v) is 8.55. The summed E-state index contributed by atoms with van der Waals surface area (Å²) in [6.45, 7) is 1.96. The van der Waals surface area contributed by atoms with Crippen LogP contribution in [0.25, 0.3) is 11.3 Å². The molecule has 1 heterocycles. The van der Waals surface area contributed by atoms with Crippen LogP contribution in [0.15, 0.2) is 53.1 Å². The largest absolute Gasteiger partial charge is 0.465 e. The Morgan fingerprint density at radius 2 is 1.85 bits per heavy atom. The predicted molar refractivity (Wildman–Crippen MR) is 101 cm³/mol. The maximum atomic E-state index is 12.7. The number of ether oxygens (including phenoxy) is 1. The molecule has 1 aromatic heterocycles. The lowest BCUT2D eigenvalue weighted by Gasteiger charge is -2.07. The molecule has 0 fully saturated rings. The number of hydrogen-bond acceptors (Lipinski definition) is 5. The molecule has 27 heavy (non-hydrogen) atoms. The van der Waals surface area contributed by atoms with Crippen molar-refractivity contribution in [3.05, 3.63) is 76.0 Å². The Morgan fingerprint density at radius 3 is 2.52 bits per heavy atom. The van der Waals surface area contributed by atoms with Crippen molar-refractivity contribution in [2.24, 2.45) is 0 Å². The Balaban J connectivity index is 1.77. The number of aryl methyl sites for hydroxylation is 1. The van der Waals surface area contributed by atoms with Crippen molar-refractivity contribution >= 4 is 23.5 Å². The molecule has 7 heteroatoms. The van der Waals surface area contributed by atoms with Gasteiger partial charge in [-0.25, -0.2) is 4.79 Å². The SMILES string of the molecule is COC(=O)c1ccc(CNC(=O)c2c(-c3ccccc3Cl)noc2C)cc1. The van der Waals surface area contributed by atoms with Crippen molar-refractivity contribution in [2.75, 3.05) is 7.11 Å². The molecule has 3 rings (SSSR count). The fraction of sp³-hybridized carbons (Fsp3) is 0.150. The molecule has 0 aliphatic rings. The fourth-order valence-corrected chi connectivity index (χ4v) is 2.85. The van der Waals surface area contributed by atoms with Crippen molar-refractivity contribution in [3.63, 3.8) is 0 Å². The van der Waals surface area contributed by atoms with Crippen LogP contribution >= 0.6 is 11.6 Å². The van der Waals surface area contributed by atoms with E-state index in [0.29, 0.717) is 33.2 Å². The van der Waals surface area contributed by atoms with Crippen LogP contribution in [0.2, 0.25) is 5.02 Å². The number of halogens is 1. The fourth-order valence-electron chi connectivity index (χ4n) is 2.62. The van der Waals surface area contributed by atoms with Gasteiger partial charge in [-0.05, 0) is 30.7 Å². The van der Waals surface area contributed by atoms with Gasteiger partial charge in [0, 0.05) is 12.1 Å². The summed E-state index contributed by atoms with van der Waals surface area (Å²) in [4.78, 5) is 24.2. The maximum Gasteiger partial charge on any atom is 0.337 e. The summed E-state index contributed by atoms with van der Waals surface area (Å²) in [5.74, 6) is -0.320. The molecule has 0 saturated carbocycles. The highest BCUT2D eigenvalue weighted by Crippen LogP contribution is 2.30. The van der Waals surface area contributed by atoms with Crippen molar-refractivity contribution in [3.8, 4) is 11.3 Å². The first-order chi connectivity index (χ1) is 13.0. The molecule has 138 valence electrons. The van der Waals surface area contributed by atoms with Crippen LogP contribution in [0.3, 0.4) is 0 Å². The molecule has 0 aliphatic carbocycles. The minimum absolute atomic E-state index is 0.285. The molecule has 1 N–H and O–H groups in total. The quantitative estimate of drug-likeness (QED) is 0.672. The molecule has 0 bridgehead atoms. The van der Waals surface area contributed by atoms with Crippen LogP contribution in [0.4, 0.5) is 0 Å². The second-order valence-corrected chi connectivity index (χ2v) is 6.22. The number of amides is 1. The first kappa shape index (κ1) is 18.7. The molecular weight excluding hydrogens is 368 g/mol. The lowest BCUT2D eigenvalue weighted by Crippen LogP contribution is -2.23. The number of nitrogens with zero attached hydrogens (tertiary/aromatic N) is 1. The predicted octanol–water partition coefficient (Wildman–Crippen LogP) is 4.02. The Kier molecular flexibility index (Phi) is 5.57. The highest BCUT2D eigenvalue weighted by atomic mass is 35.5. The van der Waals surface area contributed by atoms with Gasteiger partial charge in [0.1, 0.15) is 17.0 Å². The summed E-state index contributed by atoms with van der Waals surface area (Å²) in [6.07, 6.45) is 0. The number of methoxy groups -OCH3 is 1. The van der Waals surface area contributed by atoms with E-state index in [4.69, 9.17) is 16.1 Å². The van der Waals surface area contributed by atoms with Gasteiger partial charge >= 0.3 is 5.97 Å². The monoisotopic (exact) mass is 384 g/mol.